The molecule has 5 nitrogen and oxygen atoms in total. The van der Waals surface area contributed by atoms with Crippen LogP contribution in [0.15, 0.2) is 71.2 Å². The fourth-order valence-corrected chi connectivity index (χ4v) is 3.00. The van der Waals surface area contributed by atoms with Gasteiger partial charge in [-0.1, -0.05) is 30.3 Å². The molecule has 4 aromatic rings. The summed E-state index contributed by atoms with van der Waals surface area (Å²) in [5, 5.41) is 13.1. The third kappa shape index (κ3) is 4.04. The van der Waals surface area contributed by atoms with Gasteiger partial charge in [-0.15, -0.1) is 0 Å². The summed E-state index contributed by atoms with van der Waals surface area (Å²) in [6.07, 6.45) is 3.20. The SMILES string of the molecule is Cc1cc2nc(-c3cc(NC(=O)C=Cc4ccccc4)ccc3O)oc2cc1C. The van der Waals surface area contributed by atoms with Crippen LogP contribution in [0.25, 0.3) is 28.6 Å². The number of aromatic hydroxyl groups is 1. The number of nitrogens with one attached hydrogen (secondary N) is 1. The first-order valence-corrected chi connectivity index (χ1v) is 9.25. The first-order chi connectivity index (χ1) is 14.0. The van der Waals surface area contributed by atoms with Crippen molar-refractivity contribution >= 4 is 28.8 Å². The monoisotopic (exact) mass is 384 g/mol. The second-order valence-electron chi connectivity index (χ2n) is 6.89. The van der Waals surface area contributed by atoms with Gasteiger partial charge in [0.15, 0.2) is 5.58 Å². The van der Waals surface area contributed by atoms with Gasteiger partial charge in [0, 0.05) is 11.8 Å². The summed E-state index contributed by atoms with van der Waals surface area (Å²) in [5.41, 5.74) is 5.50. The largest absolute Gasteiger partial charge is 0.507 e. The van der Waals surface area contributed by atoms with E-state index in [1.165, 1.54) is 12.1 Å². The summed E-state index contributed by atoms with van der Waals surface area (Å²) in [7, 11) is 0. The van der Waals surface area contributed by atoms with Crippen molar-refractivity contribution in [2.45, 2.75) is 13.8 Å². The Morgan fingerprint density at radius 1 is 1.03 bits per heavy atom. The Morgan fingerprint density at radius 2 is 1.79 bits per heavy atom. The Kier molecular flexibility index (Phi) is 4.87. The predicted molar refractivity (Wildman–Crippen MR) is 115 cm³/mol. The Balaban J connectivity index is 1.59. The maximum atomic E-state index is 12.2. The number of phenols is 1. The zero-order valence-electron chi connectivity index (χ0n) is 16.1. The van der Waals surface area contributed by atoms with Gasteiger partial charge in [0.25, 0.3) is 0 Å². The van der Waals surface area contributed by atoms with E-state index in [0.29, 0.717) is 22.7 Å². The highest BCUT2D eigenvalue weighted by Gasteiger charge is 2.14. The first-order valence-electron chi connectivity index (χ1n) is 9.25. The van der Waals surface area contributed by atoms with E-state index in [2.05, 4.69) is 10.3 Å². The van der Waals surface area contributed by atoms with Crippen LogP contribution in [-0.4, -0.2) is 16.0 Å². The second-order valence-corrected chi connectivity index (χ2v) is 6.89. The van der Waals surface area contributed by atoms with Crippen molar-refractivity contribution in [3.8, 4) is 17.2 Å². The number of amides is 1. The van der Waals surface area contributed by atoms with Gasteiger partial charge in [0.05, 0.1) is 5.56 Å². The van der Waals surface area contributed by atoms with Crippen LogP contribution in [0, 0.1) is 13.8 Å². The van der Waals surface area contributed by atoms with Crippen LogP contribution in [0.5, 0.6) is 5.75 Å². The molecule has 4 rings (SSSR count). The molecular weight excluding hydrogens is 364 g/mol. The zero-order valence-corrected chi connectivity index (χ0v) is 16.1. The van der Waals surface area contributed by atoms with Crippen molar-refractivity contribution in [2.75, 3.05) is 5.32 Å². The normalized spacial score (nSPS) is 11.2. The summed E-state index contributed by atoms with van der Waals surface area (Å²) in [6.45, 7) is 4.02. The quantitative estimate of drug-likeness (QED) is 0.361. The van der Waals surface area contributed by atoms with E-state index >= 15 is 0 Å². The van der Waals surface area contributed by atoms with Gasteiger partial charge in [0.1, 0.15) is 11.3 Å². The average molecular weight is 384 g/mol. The number of carbonyl (C=O) groups is 1. The maximum absolute atomic E-state index is 12.2. The molecule has 0 saturated carbocycles. The third-order valence-electron chi connectivity index (χ3n) is 4.73. The molecule has 0 aliphatic heterocycles. The highest BCUT2D eigenvalue weighted by Crippen LogP contribution is 2.34. The fraction of sp³-hybridized carbons (Fsp3) is 0.0833. The molecule has 0 saturated heterocycles. The van der Waals surface area contributed by atoms with Gasteiger partial charge in [-0.05, 0) is 66.9 Å². The minimum Gasteiger partial charge on any atom is -0.507 e. The number of hydrogen-bond acceptors (Lipinski definition) is 4. The Morgan fingerprint density at radius 3 is 2.59 bits per heavy atom. The topological polar surface area (TPSA) is 75.4 Å². The third-order valence-corrected chi connectivity index (χ3v) is 4.73. The molecule has 0 unspecified atom stereocenters. The molecule has 1 aromatic heterocycles. The van der Waals surface area contributed by atoms with Crippen LogP contribution in [0.4, 0.5) is 5.69 Å². The minimum absolute atomic E-state index is 0.0304. The molecule has 1 heterocycles. The van der Waals surface area contributed by atoms with Crippen LogP contribution in [0.2, 0.25) is 0 Å². The summed E-state index contributed by atoms with van der Waals surface area (Å²) in [6, 6.07) is 18.2. The van der Waals surface area contributed by atoms with E-state index in [4.69, 9.17) is 4.42 Å². The number of hydrogen-bond donors (Lipinski definition) is 2. The molecule has 1 amide bonds. The van der Waals surface area contributed by atoms with E-state index in [1.54, 1.807) is 18.2 Å². The van der Waals surface area contributed by atoms with Gasteiger partial charge >= 0.3 is 0 Å². The van der Waals surface area contributed by atoms with Crippen LogP contribution in [0.3, 0.4) is 0 Å². The lowest BCUT2D eigenvalue weighted by molar-refractivity contribution is -0.111. The second kappa shape index (κ2) is 7.64. The van der Waals surface area contributed by atoms with Gasteiger partial charge in [-0.2, -0.15) is 0 Å². The maximum Gasteiger partial charge on any atom is 0.248 e. The smallest absolute Gasteiger partial charge is 0.248 e. The fourth-order valence-electron chi connectivity index (χ4n) is 3.00. The summed E-state index contributed by atoms with van der Waals surface area (Å²) >= 11 is 0. The highest BCUT2D eigenvalue weighted by atomic mass is 16.3. The first kappa shape index (κ1) is 18.5. The van der Waals surface area contributed by atoms with Gasteiger partial charge in [-0.3, -0.25) is 4.79 Å². The van der Waals surface area contributed by atoms with Crippen LogP contribution >= 0.6 is 0 Å². The molecule has 5 heteroatoms. The molecule has 0 aliphatic carbocycles. The zero-order chi connectivity index (χ0) is 20.4. The van der Waals surface area contributed by atoms with Crippen LogP contribution in [0.1, 0.15) is 16.7 Å². The molecule has 0 spiro atoms. The summed E-state index contributed by atoms with van der Waals surface area (Å²) in [4.78, 5) is 16.7. The number of carbonyl (C=O) groups excluding carboxylic acids is 1. The Labute approximate surface area is 168 Å². The predicted octanol–water partition coefficient (Wildman–Crippen LogP) is 5.47. The molecular formula is C24H20N2O3. The number of oxazole rings is 1. The molecule has 144 valence electrons. The Bertz CT molecular complexity index is 1180. The standard InChI is InChI=1S/C24H20N2O3/c1-15-12-20-22(13-16(15)2)29-24(26-20)19-14-18(9-10-21(19)27)25-23(28)11-8-17-6-4-3-5-7-17/h3-14,27H,1-2H3,(H,25,28). The van der Waals surface area contributed by atoms with Gasteiger partial charge < -0.3 is 14.8 Å². The van der Waals surface area contributed by atoms with E-state index in [9.17, 15) is 9.90 Å². The summed E-state index contributed by atoms with van der Waals surface area (Å²) in [5.74, 6) is 0.0653. The molecule has 2 N–H and O–H groups in total. The molecule has 0 fully saturated rings. The van der Waals surface area contributed by atoms with Crippen molar-refractivity contribution in [1.82, 2.24) is 4.98 Å². The van der Waals surface area contributed by atoms with E-state index in [0.717, 1.165) is 22.2 Å². The van der Waals surface area contributed by atoms with Crippen LogP contribution in [-0.2, 0) is 4.79 Å². The number of rotatable bonds is 4. The number of fused-ring (bicyclic) bond motifs is 1. The van der Waals surface area contributed by atoms with Crippen molar-refractivity contribution in [3.05, 3.63) is 83.4 Å². The number of aryl methyl sites for hydroxylation is 2. The highest BCUT2D eigenvalue weighted by molar-refractivity contribution is 6.02. The number of aromatic nitrogens is 1. The number of phenolic OH excluding ortho intramolecular Hbond substituents is 1. The number of benzene rings is 3. The lowest BCUT2D eigenvalue weighted by atomic mass is 10.1. The van der Waals surface area contributed by atoms with Crippen molar-refractivity contribution in [2.24, 2.45) is 0 Å². The molecule has 0 radical (unpaired) electrons. The Hall–Kier alpha value is -3.86. The molecule has 0 bridgehead atoms. The van der Waals surface area contributed by atoms with Gasteiger partial charge in [-0.25, -0.2) is 4.98 Å². The van der Waals surface area contributed by atoms with Crippen molar-refractivity contribution in [3.63, 3.8) is 0 Å². The minimum atomic E-state index is -0.269. The lowest BCUT2D eigenvalue weighted by Crippen LogP contribution is -2.07. The van der Waals surface area contributed by atoms with E-state index in [1.807, 2.05) is 56.3 Å². The van der Waals surface area contributed by atoms with Crippen LogP contribution < -0.4 is 5.32 Å². The lowest BCUT2D eigenvalue weighted by Gasteiger charge is -2.06. The van der Waals surface area contributed by atoms with Gasteiger partial charge in [0.2, 0.25) is 11.8 Å². The molecule has 0 aliphatic rings. The molecule has 3 aromatic carbocycles. The average Bonchev–Trinajstić information content (AvgIpc) is 3.11. The van der Waals surface area contributed by atoms with Crippen molar-refractivity contribution < 1.29 is 14.3 Å². The van der Waals surface area contributed by atoms with Crippen molar-refractivity contribution in [1.29, 1.82) is 0 Å². The molecule has 0 atom stereocenters. The number of anilines is 1. The van der Waals surface area contributed by atoms with E-state index in [-0.39, 0.29) is 11.7 Å². The van der Waals surface area contributed by atoms with E-state index < -0.39 is 0 Å². The molecule has 29 heavy (non-hydrogen) atoms. The summed E-state index contributed by atoms with van der Waals surface area (Å²) < 4.78 is 5.84. The number of nitrogens with zero attached hydrogens (tertiary/aromatic N) is 1.